The number of carbonyl (C=O) groups excluding carboxylic acids is 1. The van der Waals surface area contributed by atoms with Crippen molar-refractivity contribution >= 4 is 28.5 Å². The van der Waals surface area contributed by atoms with E-state index in [4.69, 9.17) is 16.0 Å². The number of para-hydroxylation sites is 1. The van der Waals surface area contributed by atoms with Gasteiger partial charge in [-0.2, -0.15) is 0 Å². The summed E-state index contributed by atoms with van der Waals surface area (Å²) in [6.45, 7) is 2.77. The van der Waals surface area contributed by atoms with Crippen molar-refractivity contribution in [2.75, 3.05) is 20.6 Å². The largest absolute Gasteiger partial charge is 0.451 e. The third-order valence-electron chi connectivity index (χ3n) is 4.49. The molecule has 1 unspecified atom stereocenters. The standard InChI is InChI=1S/C21H23ClN2O2/c1-14-17-6-4-5-7-19(17)26-20(14)21(25)23-18(12-13-24(2)3)15-8-10-16(22)11-9-15/h4-11,18H,12-13H2,1-3H3,(H,23,25). The van der Waals surface area contributed by atoms with Crippen molar-refractivity contribution in [1.82, 2.24) is 10.2 Å². The average molecular weight is 371 g/mol. The van der Waals surface area contributed by atoms with Crippen LogP contribution in [0, 0.1) is 6.92 Å². The number of fused-ring (bicyclic) bond motifs is 1. The van der Waals surface area contributed by atoms with Crippen molar-refractivity contribution < 1.29 is 9.21 Å². The lowest BCUT2D eigenvalue weighted by Crippen LogP contribution is -2.31. The van der Waals surface area contributed by atoms with Gasteiger partial charge in [-0.15, -0.1) is 0 Å². The average Bonchev–Trinajstić information content (AvgIpc) is 2.96. The molecule has 3 rings (SSSR count). The van der Waals surface area contributed by atoms with E-state index in [-0.39, 0.29) is 11.9 Å². The molecule has 0 saturated carbocycles. The number of carbonyl (C=O) groups is 1. The maximum Gasteiger partial charge on any atom is 0.287 e. The van der Waals surface area contributed by atoms with Crippen LogP contribution >= 0.6 is 11.6 Å². The van der Waals surface area contributed by atoms with Crippen molar-refractivity contribution in [1.29, 1.82) is 0 Å². The molecule has 1 N–H and O–H groups in total. The van der Waals surface area contributed by atoms with Crippen LogP contribution in [0.15, 0.2) is 52.9 Å². The zero-order valence-electron chi connectivity index (χ0n) is 15.3. The van der Waals surface area contributed by atoms with Crippen LogP contribution in [0.25, 0.3) is 11.0 Å². The molecule has 0 fully saturated rings. The van der Waals surface area contributed by atoms with E-state index >= 15 is 0 Å². The van der Waals surface area contributed by atoms with Gasteiger partial charge in [0, 0.05) is 16.0 Å². The van der Waals surface area contributed by atoms with Gasteiger partial charge in [0.05, 0.1) is 6.04 Å². The Morgan fingerprint density at radius 2 is 1.85 bits per heavy atom. The Balaban J connectivity index is 1.85. The fourth-order valence-electron chi connectivity index (χ4n) is 3.02. The summed E-state index contributed by atoms with van der Waals surface area (Å²) in [4.78, 5) is 15.0. The number of amides is 1. The fourth-order valence-corrected chi connectivity index (χ4v) is 3.15. The highest BCUT2D eigenvalue weighted by Gasteiger charge is 2.21. The Bertz CT molecular complexity index is 900. The lowest BCUT2D eigenvalue weighted by molar-refractivity contribution is 0.0906. The Labute approximate surface area is 158 Å². The van der Waals surface area contributed by atoms with Gasteiger partial charge in [0.1, 0.15) is 5.58 Å². The fraction of sp³-hybridized carbons (Fsp3) is 0.286. The first-order valence-corrected chi connectivity index (χ1v) is 9.02. The molecule has 1 aromatic heterocycles. The number of nitrogens with one attached hydrogen (secondary N) is 1. The van der Waals surface area contributed by atoms with Gasteiger partial charge in [0.25, 0.3) is 5.91 Å². The molecule has 0 aliphatic carbocycles. The van der Waals surface area contributed by atoms with Crippen molar-refractivity contribution in [2.45, 2.75) is 19.4 Å². The minimum Gasteiger partial charge on any atom is -0.451 e. The van der Waals surface area contributed by atoms with E-state index < -0.39 is 0 Å². The molecule has 2 aromatic carbocycles. The minimum atomic E-state index is -0.197. The highest BCUT2D eigenvalue weighted by molar-refractivity contribution is 6.30. The molecule has 1 heterocycles. The number of furan rings is 1. The topological polar surface area (TPSA) is 45.5 Å². The van der Waals surface area contributed by atoms with Gasteiger partial charge < -0.3 is 14.6 Å². The quantitative estimate of drug-likeness (QED) is 0.676. The second-order valence-electron chi connectivity index (χ2n) is 6.72. The summed E-state index contributed by atoms with van der Waals surface area (Å²) in [6, 6.07) is 15.2. The van der Waals surface area contributed by atoms with Gasteiger partial charge in [-0.25, -0.2) is 0 Å². The van der Waals surface area contributed by atoms with Crippen LogP contribution in [-0.2, 0) is 0 Å². The normalized spacial score (nSPS) is 12.5. The van der Waals surface area contributed by atoms with Crippen LogP contribution in [-0.4, -0.2) is 31.4 Å². The van der Waals surface area contributed by atoms with Crippen molar-refractivity contribution in [2.24, 2.45) is 0 Å². The van der Waals surface area contributed by atoms with Crippen LogP contribution in [0.4, 0.5) is 0 Å². The summed E-state index contributed by atoms with van der Waals surface area (Å²) in [7, 11) is 4.04. The molecule has 0 bridgehead atoms. The molecule has 4 nitrogen and oxygen atoms in total. The van der Waals surface area contributed by atoms with Gasteiger partial charge in [-0.05, 0) is 57.7 Å². The van der Waals surface area contributed by atoms with Gasteiger partial charge in [-0.1, -0.05) is 41.9 Å². The lowest BCUT2D eigenvalue weighted by Gasteiger charge is -2.21. The van der Waals surface area contributed by atoms with Gasteiger partial charge in [0.2, 0.25) is 0 Å². The van der Waals surface area contributed by atoms with E-state index in [1.54, 1.807) is 0 Å². The first kappa shape index (κ1) is 18.5. The lowest BCUT2D eigenvalue weighted by atomic mass is 10.0. The summed E-state index contributed by atoms with van der Waals surface area (Å²) in [5.41, 5.74) is 2.62. The van der Waals surface area contributed by atoms with E-state index in [0.29, 0.717) is 10.8 Å². The Morgan fingerprint density at radius 1 is 1.15 bits per heavy atom. The molecule has 3 aromatic rings. The SMILES string of the molecule is Cc1c(C(=O)NC(CCN(C)C)c2ccc(Cl)cc2)oc2ccccc12. The van der Waals surface area contributed by atoms with Crippen LogP contribution in [0.1, 0.15) is 34.1 Å². The number of halogens is 1. The van der Waals surface area contributed by atoms with E-state index in [1.807, 2.05) is 69.6 Å². The van der Waals surface area contributed by atoms with E-state index in [0.717, 1.165) is 35.1 Å². The number of aryl methyl sites for hydroxylation is 1. The summed E-state index contributed by atoms with van der Waals surface area (Å²) >= 11 is 6.00. The molecule has 1 amide bonds. The van der Waals surface area contributed by atoms with Gasteiger partial charge >= 0.3 is 0 Å². The number of rotatable bonds is 6. The van der Waals surface area contributed by atoms with E-state index in [1.165, 1.54) is 0 Å². The van der Waals surface area contributed by atoms with E-state index in [2.05, 4.69) is 10.2 Å². The highest BCUT2D eigenvalue weighted by atomic mass is 35.5. The molecule has 0 aliphatic heterocycles. The highest BCUT2D eigenvalue weighted by Crippen LogP contribution is 2.26. The van der Waals surface area contributed by atoms with Crippen molar-refractivity contribution in [3.8, 4) is 0 Å². The molecule has 136 valence electrons. The maximum absolute atomic E-state index is 12.9. The third-order valence-corrected chi connectivity index (χ3v) is 4.74. The van der Waals surface area contributed by atoms with Gasteiger partial charge in [0.15, 0.2) is 5.76 Å². The predicted molar refractivity (Wildman–Crippen MR) is 106 cm³/mol. The molecule has 0 saturated heterocycles. The second kappa shape index (κ2) is 7.94. The summed E-state index contributed by atoms with van der Waals surface area (Å²) in [5.74, 6) is 0.174. The summed E-state index contributed by atoms with van der Waals surface area (Å²) in [5, 5.41) is 4.77. The molecule has 0 spiro atoms. The third kappa shape index (κ3) is 4.09. The Kier molecular flexibility index (Phi) is 5.64. The van der Waals surface area contributed by atoms with Crippen LogP contribution in [0.2, 0.25) is 5.02 Å². The van der Waals surface area contributed by atoms with Crippen LogP contribution in [0.5, 0.6) is 0 Å². The Morgan fingerprint density at radius 3 is 2.50 bits per heavy atom. The molecular formula is C21H23ClN2O2. The zero-order valence-corrected chi connectivity index (χ0v) is 16.0. The summed E-state index contributed by atoms with van der Waals surface area (Å²) < 4.78 is 5.80. The molecular weight excluding hydrogens is 348 g/mol. The Hall–Kier alpha value is -2.30. The number of nitrogens with zero attached hydrogens (tertiary/aromatic N) is 1. The molecule has 0 radical (unpaired) electrons. The smallest absolute Gasteiger partial charge is 0.287 e. The van der Waals surface area contributed by atoms with Gasteiger partial charge in [-0.3, -0.25) is 4.79 Å². The maximum atomic E-state index is 12.9. The molecule has 26 heavy (non-hydrogen) atoms. The predicted octanol–water partition coefficient (Wildman–Crippen LogP) is 4.82. The number of hydrogen-bond acceptors (Lipinski definition) is 3. The molecule has 5 heteroatoms. The molecule has 1 atom stereocenters. The first-order chi connectivity index (χ1) is 12.5. The first-order valence-electron chi connectivity index (χ1n) is 8.65. The minimum absolute atomic E-state index is 0.116. The zero-order chi connectivity index (χ0) is 18.7. The van der Waals surface area contributed by atoms with Crippen LogP contribution in [0.3, 0.4) is 0 Å². The van der Waals surface area contributed by atoms with E-state index in [9.17, 15) is 4.79 Å². The van der Waals surface area contributed by atoms with Crippen LogP contribution < -0.4 is 5.32 Å². The monoisotopic (exact) mass is 370 g/mol. The van der Waals surface area contributed by atoms with Crippen molar-refractivity contribution in [3.63, 3.8) is 0 Å². The summed E-state index contributed by atoms with van der Waals surface area (Å²) in [6.07, 6.45) is 0.791. The molecule has 0 aliphatic rings. The number of benzene rings is 2. The second-order valence-corrected chi connectivity index (χ2v) is 7.16. The number of hydrogen-bond donors (Lipinski definition) is 1. The van der Waals surface area contributed by atoms with Crippen molar-refractivity contribution in [3.05, 3.63) is 70.4 Å².